The second kappa shape index (κ2) is 5.38. The molecule has 17 heavy (non-hydrogen) atoms. The van der Waals surface area contributed by atoms with Crippen molar-refractivity contribution in [3.63, 3.8) is 0 Å². The standard InChI is InChI=1S/C14H28O3/c1-12(2,3)10-14(7,8)9-11(15)16-17-13(4,5)6/h9-10H2,1-8H3. The summed E-state index contributed by atoms with van der Waals surface area (Å²) < 4.78 is 0. The van der Waals surface area contributed by atoms with E-state index in [-0.39, 0.29) is 16.8 Å². The summed E-state index contributed by atoms with van der Waals surface area (Å²) in [6, 6.07) is 0. The zero-order chi connectivity index (χ0) is 13.9. The highest BCUT2D eigenvalue weighted by Gasteiger charge is 2.29. The Balaban J connectivity index is 4.19. The average molecular weight is 244 g/mol. The van der Waals surface area contributed by atoms with Gasteiger partial charge in [-0.2, -0.15) is 4.89 Å². The summed E-state index contributed by atoms with van der Waals surface area (Å²) in [6.45, 7) is 16.2. The van der Waals surface area contributed by atoms with Crippen molar-refractivity contribution in [3.05, 3.63) is 0 Å². The Bertz CT molecular complexity index is 254. The van der Waals surface area contributed by atoms with Gasteiger partial charge in [-0.25, -0.2) is 4.79 Å². The van der Waals surface area contributed by atoms with Gasteiger partial charge in [-0.05, 0) is 38.0 Å². The van der Waals surface area contributed by atoms with Crippen molar-refractivity contribution in [3.8, 4) is 0 Å². The van der Waals surface area contributed by atoms with Crippen LogP contribution in [-0.4, -0.2) is 11.6 Å². The van der Waals surface area contributed by atoms with Gasteiger partial charge in [0.2, 0.25) is 0 Å². The minimum atomic E-state index is -0.455. The molecule has 0 unspecified atom stereocenters. The van der Waals surface area contributed by atoms with E-state index in [2.05, 4.69) is 34.6 Å². The Morgan fingerprint density at radius 3 is 1.76 bits per heavy atom. The third-order valence-corrected chi connectivity index (χ3v) is 2.02. The largest absolute Gasteiger partial charge is 0.342 e. The van der Waals surface area contributed by atoms with Crippen molar-refractivity contribution in [2.24, 2.45) is 10.8 Å². The summed E-state index contributed by atoms with van der Waals surface area (Å²) in [5.41, 5.74) is -0.324. The van der Waals surface area contributed by atoms with Gasteiger partial charge < -0.3 is 0 Å². The van der Waals surface area contributed by atoms with E-state index in [9.17, 15) is 4.79 Å². The third kappa shape index (κ3) is 10.3. The maximum Gasteiger partial charge on any atom is 0.342 e. The average Bonchev–Trinajstić information content (AvgIpc) is 1.93. The quantitative estimate of drug-likeness (QED) is 0.551. The maximum absolute atomic E-state index is 11.6. The van der Waals surface area contributed by atoms with Gasteiger partial charge in [0.15, 0.2) is 0 Å². The van der Waals surface area contributed by atoms with Crippen LogP contribution in [0, 0.1) is 10.8 Å². The van der Waals surface area contributed by atoms with E-state index >= 15 is 0 Å². The lowest BCUT2D eigenvalue weighted by Gasteiger charge is -2.31. The molecule has 0 aliphatic rings. The third-order valence-electron chi connectivity index (χ3n) is 2.02. The molecule has 0 aliphatic carbocycles. The molecule has 0 rings (SSSR count). The molecule has 0 aromatic heterocycles. The van der Waals surface area contributed by atoms with Gasteiger partial charge in [0.1, 0.15) is 5.60 Å². The van der Waals surface area contributed by atoms with Crippen LogP contribution in [0.3, 0.4) is 0 Å². The van der Waals surface area contributed by atoms with Crippen LogP contribution in [0.2, 0.25) is 0 Å². The number of hydrogen-bond donors (Lipinski definition) is 0. The molecule has 0 spiro atoms. The summed E-state index contributed by atoms with van der Waals surface area (Å²) in [4.78, 5) is 21.5. The fourth-order valence-electron chi connectivity index (χ4n) is 2.09. The van der Waals surface area contributed by atoms with E-state index in [1.165, 1.54) is 0 Å². The van der Waals surface area contributed by atoms with Gasteiger partial charge in [-0.3, -0.25) is 4.89 Å². The molecule has 0 amide bonds. The molecule has 102 valence electrons. The molecule has 0 aromatic rings. The fourth-order valence-corrected chi connectivity index (χ4v) is 2.09. The molecule has 0 aliphatic heterocycles. The molecule has 0 saturated heterocycles. The van der Waals surface area contributed by atoms with Crippen LogP contribution in [0.1, 0.15) is 68.2 Å². The molecule has 0 aromatic carbocycles. The molecule has 0 N–H and O–H groups in total. The summed E-state index contributed by atoms with van der Waals surface area (Å²) in [7, 11) is 0. The van der Waals surface area contributed by atoms with Crippen LogP contribution in [0.15, 0.2) is 0 Å². The predicted octanol–water partition coefficient (Wildman–Crippen LogP) is 4.11. The Hall–Kier alpha value is -0.570. The Morgan fingerprint density at radius 1 is 0.941 bits per heavy atom. The van der Waals surface area contributed by atoms with Crippen LogP contribution in [0.5, 0.6) is 0 Å². The first kappa shape index (κ1) is 16.4. The predicted molar refractivity (Wildman–Crippen MR) is 69.4 cm³/mol. The van der Waals surface area contributed by atoms with E-state index in [4.69, 9.17) is 9.78 Å². The molecular weight excluding hydrogens is 216 g/mol. The smallest absolute Gasteiger partial charge is 0.298 e. The Labute approximate surface area is 106 Å². The van der Waals surface area contributed by atoms with Gasteiger partial charge in [0.25, 0.3) is 0 Å². The van der Waals surface area contributed by atoms with Crippen molar-refractivity contribution >= 4 is 5.97 Å². The fraction of sp³-hybridized carbons (Fsp3) is 0.929. The zero-order valence-electron chi connectivity index (χ0n) is 12.6. The van der Waals surface area contributed by atoms with Crippen molar-refractivity contribution < 1.29 is 14.6 Å². The van der Waals surface area contributed by atoms with Gasteiger partial charge in [-0.15, -0.1) is 0 Å². The monoisotopic (exact) mass is 244 g/mol. The summed E-state index contributed by atoms with van der Waals surface area (Å²) in [6.07, 6.45) is 1.34. The van der Waals surface area contributed by atoms with Gasteiger partial charge in [0, 0.05) is 0 Å². The van der Waals surface area contributed by atoms with Crippen molar-refractivity contribution in [2.45, 2.75) is 73.8 Å². The molecule has 0 bridgehead atoms. The number of rotatable bonds is 4. The summed E-state index contributed by atoms with van der Waals surface area (Å²) in [5, 5.41) is 0. The first-order valence-corrected chi connectivity index (χ1v) is 6.19. The van der Waals surface area contributed by atoms with E-state index in [0.717, 1.165) is 6.42 Å². The van der Waals surface area contributed by atoms with E-state index in [1.807, 2.05) is 20.8 Å². The topological polar surface area (TPSA) is 35.5 Å². The lowest BCUT2D eigenvalue weighted by Crippen LogP contribution is -2.27. The van der Waals surface area contributed by atoms with Crippen LogP contribution in [0.4, 0.5) is 0 Å². The van der Waals surface area contributed by atoms with Crippen molar-refractivity contribution in [1.29, 1.82) is 0 Å². The molecular formula is C14H28O3. The van der Waals surface area contributed by atoms with Crippen molar-refractivity contribution in [2.75, 3.05) is 0 Å². The first-order chi connectivity index (χ1) is 7.31. The van der Waals surface area contributed by atoms with Crippen LogP contribution in [0.25, 0.3) is 0 Å². The van der Waals surface area contributed by atoms with Crippen molar-refractivity contribution in [1.82, 2.24) is 0 Å². The van der Waals surface area contributed by atoms with Crippen LogP contribution >= 0.6 is 0 Å². The molecule has 0 atom stereocenters. The lowest BCUT2D eigenvalue weighted by molar-refractivity contribution is -0.321. The second-order valence-electron chi connectivity index (χ2n) is 7.73. The van der Waals surface area contributed by atoms with E-state index in [0.29, 0.717) is 6.42 Å². The number of carbonyl (C=O) groups excluding carboxylic acids is 1. The SMILES string of the molecule is CC(C)(C)CC(C)(C)CC(=O)OOC(C)(C)C. The summed E-state index contributed by atoms with van der Waals surface area (Å²) in [5.74, 6) is -0.297. The number of hydrogen-bond acceptors (Lipinski definition) is 3. The van der Waals surface area contributed by atoms with Gasteiger partial charge in [-0.1, -0.05) is 34.6 Å². The Kier molecular flexibility index (Phi) is 5.20. The van der Waals surface area contributed by atoms with E-state index < -0.39 is 5.60 Å². The maximum atomic E-state index is 11.6. The molecule has 0 heterocycles. The summed E-state index contributed by atoms with van der Waals surface area (Å²) >= 11 is 0. The highest BCUT2D eigenvalue weighted by Crippen LogP contribution is 2.35. The number of carbonyl (C=O) groups is 1. The molecule has 3 heteroatoms. The lowest BCUT2D eigenvalue weighted by atomic mass is 9.74. The highest BCUT2D eigenvalue weighted by atomic mass is 17.2. The first-order valence-electron chi connectivity index (χ1n) is 6.19. The zero-order valence-corrected chi connectivity index (χ0v) is 12.6. The minimum absolute atomic E-state index is 0.0728. The van der Waals surface area contributed by atoms with E-state index in [1.54, 1.807) is 0 Å². The minimum Gasteiger partial charge on any atom is -0.298 e. The molecule has 0 radical (unpaired) electrons. The van der Waals surface area contributed by atoms with Crippen LogP contribution < -0.4 is 0 Å². The molecule has 0 saturated carbocycles. The Morgan fingerprint density at radius 2 is 1.41 bits per heavy atom. The van der Waals surface area contributed by atoms with Crippen LogP contribution in [-0.2, 0) is 14.6 Å². The molecule has 3 nitrogen and oxygen atoms in total. The molecule has 0 fully saturated rings. The highest BCUT2D eigenvalue weighted by molar-refractivity contribution is 5.69. The van der Waals surface area contributed by atoms with Gasteiger partial charge >= 0.3 is 5.97 Å². The normalized spacial score (nSPS) is 13.6. The second-order valence-corrected chi connectivity index (χ2v) is 7.73. The van der Waals surface area contributed by atoms with Gasteiger partial charge in [0.05, 0.1) is 6.42 Å².